The van der Waals surface area contributed by atoms with Gasteiger partial charge in [-0.15, -0.1) is 11.3 Å². The van der Waals surface area contributed by atoms with Gasteiger partial charge in [-0.2, -0.15) is 0 Å². The summed E-state index contributed by atoms with van der Waals surface area (Å²) in [6, 6.07) is 19.3. The fourth-order valence-electron chi connectivity index (χ4n) is 5.45. The Balaban J connectivity index is 1.49. The number of benzene rings is 2. The number of nitrogens with one attached hydrogen (secondary N) is 1. The zero-order valence-electron chi connectivity index (χ0n) is 20.5. The highest BCUT2D eigenvalue weighted by Crippen LogP contribution is 2.44. The third-order valence-corrected chi connectivity index (χ3v) is 8.50. The average Bonchev–Trinajstić information content (AvgIpc) is 3.50. The molecule has 184 valence electrons. The summed E-state index contributed by atoms with van der Waals surface area (Å²) < 4.78 is 13.2. The van der Waals surface area contributed by atoms with Gasteiger partial charge in [0.25, 0.3) is 0 Å². The van der Waals surface area contributed by atoms with Crippen LogP contribution < -0.4 is 14.8 Å². The third-order valence-electron chi connectivity index (χ3n) is 7.17. The van der Waals surface area contributed by atoms with Crippen LogP contribution in [-0.4, -0.2) is 29.7 Å². The Bertz CT molecular complexity index is 1420. The van der Waals surface area contributed by atoms with E-state index in [-0.39, 0.29) is 12.1 Å². The van der Waals surface area contributed by atoms with Crippen molar-refractivity contribution in [1.82, 2.24) is 9.47 Å². The van der Waals surface area contributed by atoms with Crippen LogP contribution in [0.2, 0.25) is 0 Å². The van der Waals surface area contributed by atoms with Gasteiger partial charge >= 0.3 is 6.03 Å². The molecule has 0 saturated heterocycles. The molecule has 1 aliphatic carbocycles. The van der Waals surface area contributed by atoms with E-state index in [1.807, 2.05) is 58.7 Å². The minimum absolute atomic E-state index is 0.146. The number of amides is 2. The van der Waals surface area contributed by atoms with Gasteiger partial charge in [0, 0.05) is 28.4 Å². The predicted molar refractivity (Wildman–Crippen MR) is 143 cm³/mol. The SMILES string of the molecule is COc1cccc(NC(=O)N2Cc3c(sc4c3CCCC4)-n3cccc3C2c2cccc(OC)c2)c1. The lowest BCUT2D eigenvalue weighted by Crippen LogP contribution is -2.38. The summed E-state index contributed by atoms with van der Waals surface area (Å²) >= 11 is 1.89. The molecule has 2 aromatic heterocycles. The van der Waals surface area contributed by atoms with E-state index >= 15 is 0 Å². The first-order valence-electron chi connectivity index (χ1n) is 12.3. The molecule has 2 aliphatic rings. The normalized spacial score (nSPS) is 16.4. The number of fused-ring (bicyclic) bond motifs is 5. The van der Waals surface area contributed by atoms with Crippen molar-refractivity contribution in [3.8, 4) is 16.5 Å². The zero-order chi connectivity index (χ0) is 24.6. The second-order valence-corrected chi connectivity index (χ2v) is 10.4. The fourth-order valence-corrected chi connectivity index (χ4v) is 6.85. The molecular formula is C29H29N3O3S. The van der Waals surface area contributed by atoms with E-state index in [0.717, 1.165) is 29.8 Å². The molecule has 6 nitrogen and oxygen atoms in total. The number of aromatic nitrogens is 1. The van der Waals surface area contributed by atoms with Crippen LogP contribution in [-0.2, 0) is 19.4 Å². The number of anilines is 1. The number of thiophene rings is 1. The topological polar surface area (TPSA) is 55.7 Å². The molecule has 1 unspecified atom stereocenters. The summed E-state index contributed by atoms with van der Waals surface area (Å²) in [7, 11) is 3.30. The number of carbonyl (C=O) groups excluding carboxylic acids is 1. The average molecular weight is 500 g/mol. The van der Waals surface area contributed by atoms with Gasteiger partial charge in [-0.25, -0.2) is 4.79 Å². The molecule has 2 aromatic carbocycles. The van der Waals surface area contributed by atoms with E-state index in [4.69, 9.17) is 9.47 Å². The summed E-state index contributed by atoms with van der Waals surface area (Å²) in [5.41, 5.74) is 5.50. The Morgan fingerprint density at radius 3 is 2.56 bits per heavy atom. The van der Waals surface area contributed by atoms with E-state index in [1.54, 1.807) is 14.2 Å². The molecule has 0 saturated carbocycles. The highest BCUT2D eigenvalue weighted by molar-refractivity contribution is 7.15. The molecule has 4 aromatic rings. The lowest BCUT2D eigenvalue weighted by molar-refractivity contribution is 0.194. The molecule has 0 bridgehead atoms. The van der Waals surface area contributed by atoms with E-state index in [1.165, 1.54) is 33.8 Å². The van der Waals surface area contributed by atoms with E-state index in [0.29, 0.717) is 18.0 Å². The standard InChI is InChI=1S/C29H29N3O3S/c1-34-21-10-5-8-19(16-21)27-25-13-7-15-31(25)28-24(23-12-3-4-14-26(23)36-28)18-32(27)29(33)30-20-9-6-11-22(17-20)35-2/h5-11,13,15-17,27H,3-4,12,14,18H2,1-2H3,(H,30,33). The summed E-state index contributed by atoms with van der Waals surface area (Å²) in [5, 5.41) is 4.38. The first kappa shape index (κ1) is 22.7. The number of carbonyl (C=O) groups is 1. The molecule has 6 rings (SSSR count). The quantitative estimate of drug-likeness (QED) is 0.345. The van der Waals surface area contributed by atoms with Crippen molar-refractivity contribution < 1.29 is 14.3 Å². The summed E-state index contributed by atoms with van der Waals surface area (Å²) in [4.78, 5) is 17.5. The van der Waals surface area contributed by atoms with Gasteiger partial charge in [-0.3, -0.25) is 0 Å². The smallest absolute Gasteiger partial charge is 0.322 e. The van der Waals surface area contributed by atoms with Crippen LogP contribution in [0.25, 0.3) is 5.00 Å². The van der Waals surface area contributed by atoms with Crippen molar-refractivity contribution in [2.75, 3.05) is 19.5 Å². The third kappa shape index (κ3) is 3.93. The van der Waals surface area contributed by atoms with Gasteiger partial charge in [-0.1, -0.05) is 18.2 Å². The second-order valence-electron chi connectivity index (χ2n) is 9.27. The molecule has 7 heteroatoms. The van der Waals surface area contributed by atoms with Crippen molar-refractivity contribution in [3.05, 3.63) is 94.1 Å². The highest BCUT2D eigenvalue weighted by Gasteiger charge is 2.36. The number of hydrogen-bond acceptors (Lipinski definition) is 4. The maximum Gasteiger partial charge on any atom is 0.322 e. The monoisotopic (exact) mass is 499 g/mol. The molecule has 36 heavy (non-hydrogen) atoms. The summed E-state index contributed by atoms with van der Waals surface area (Å²) in [6.07, 6.45) is 6.76. The van der Waals surface area contributed by atoms with Crippen LogP contribution in [0.15, 0.2) is 66.9 Å². The van der Waals surface area contributed by atoms with Crippen LogP contribution in [0.4, 0.5) is 10.5 Å². The molecule has 1 aliphatic heterocycles. The van der Waals surface area contributed by atoms with Crippen molar-refractivity contribution in [3.63, 3.8) is 0 Å². The molecule has 0 radical (unpaired) electrons. The largest absolute Gasteiger partial charge is 0.497 e. The molecule has 0 spiro atoms. The van der Waals surface area contributed by atoms with E-state index < -0.39 is 0 Å². The second kappa shape index (κ2) is 9.39. The Morgan fingerprint density at radius 2 is 1.72 bits per heavy atom. The fraction of sp³-hybridized carbons (Fsp3) is 0.276. The van der Waals surface area contributed by atoms with Gasteiger partial charge in [0.05, 0.1) is 32.5 Å². The number of ether oxygens (including phenoxy) is 2. The minimum Gasteiger partial charge on any atom is -0.497 e. The van der Waals surface area contributed by atoms with Gasteiger partial charge in [0.1, 0.15) is 16.5 Å². The van der Waals surface area contributed by atoms with Crippen LogP contribution in [0, 0.1) is 0 Å². The first-order valence-corrected chi connectivity index (χ1v) is 13.1. The molecule has 1 N–H and O–H groups in total. The number of rotatable bonds is 4. The van der Waals surface area contributed by atoms with E-state index in [2.05, 4.69) is 34.3 Å². The number of urea groups is 1. The maximum atomic E-state index is 14.0. The number of nitrogens with zero attached hydrogens (tertiary/aromatic N) is 2. The van der Waals surface area contributed by atoms with Crippen molar-refractivity contribution >= 4 is 23.1 Å². The van der Waals surface area contributed by atoms with Crippen LogP contribution >= 0.6 is 11.3 Å². The molecule has 3 heterocycles. The summed E-state index contributed by atoms with van der Waals surface area (Å²) in [6.45, 7) is 0.542. The van der Waals surface area contributed by atoms with Crippen LogP contribution in [0.3, 0.4) is 0 Å². The summed E-state index contributed by atoms with van der Waals surface area (Å²) in [5.74, 6) is 1.48. The van der Waals surface area contributed by atoms with Gasteiger partial charge in [-0.05, 0) is 73.2 Å². The maximum absolute atomic E-state index is 14.0. The molecular weight excluding hydrogens is 470 g/mol. The number of hydrogen-bond donors (Lipinski definition) is 1. The molecule has 0 fully saturated rings. The zero-order valence-corrected chi connectivity index (χ0v) is 21.3. The first-order chi connectivity index (χ1) is 17.7. The lowest BCUT2D eigenvalue weighted by atomic mass is 9.95. The van der Waals surface area contributed by atoms with Crippen LogP contribution in [0.5, 0.6) is 11.5 Å². The number of methoxy groups -OCH3 is 2. The number of aryl methyl sites for hydroxylation is 1. The van der Waals surface area contributed by atoms with Gasteiger partial charge < -0.3 is 24.3 Å². The Kier molecular flexibility index (Phi) is 5.93. The van der Waals surface area contributed by atoms with E-state index in [9.17, 15) is 4.79 Å². The Labute approximate surface area is 215 Å². The van der Waals surface area contributed by atoms with Crippen molar-refractivity contribution in [2.45, 2.75) is 38.3 Å². The van der Waals surface area contributed by atoms with Gasteiger partial charge in [0.2, 0.25) is 0 Å². The minimum atomic E-state index is -0.278. The van der Waals surface area contributed by atoms with Gasteiger partial charge in [0.15, 0.2) is 0 Å². The highest BCUT2D eigenvalue weighted by atomic mass is 32.1. The molecule has 1 atom stereocenters. The lowest BCUT2D eigenvalue weighted by Gasteiger charge is -2.31. The Morgan fingerprint density at radius 1 is 0.944 bits per heavy atom. The predicted octanol–water partition coefficient (Wildman–Crippen LogP) is 6.57. The Hall–Kier alpha value is -3.71. The molecule has 2 amide bonds. The van der Waals surface area contributed by atoms with Crippen LogP contribution in [0.1, 0.15) is 46.1 Å². The van der Waals surface area contributed by atoms with Crippen molar-refractivity contribution in [1.29, 1.82) is 0 Å². The van der Waals surface area contributed by atoms with Crippen molar-refractivity contribution in [2.24, 2.45) is 0 Å².